The molecular weight excluding hydrogens is 276 g/mol. The molecule has 0 aromatic carbocycles. The van der Waals surface area contributed by atoms with Crippen LogP contribution in [0.2, 0.25) is 0 Å². The normalized spacial score (nSPS) is 29.7. The van der Waals surface area contributed by atoms with Gasteiger partial charge in [0, 0.05) is 20.3 Å². The zero-order valence-corrected chi connectivity index (χ0v) is 11.0. The first-order valence-corrected chi connectivity index (χ1v) is 5.77. The summed E-state index contributed by atoms with van der Waals surface area (Å²) in [4.78, 5) is 15.0. The lowest BCUT2D eigenvalue weighted by Gasteiger charge is -2.27. The third-order valence-corrected chi connectivity index (χ3v) is 2.84. The minimum Gasteiger partial charge on any atom is -0.394 e. The van der Waals surface area contributed by atoms with Crippen LogP contribution in [0.1, 0.15) is 0 Å². The Morgan fingerprint density at radius 1 is 1.60 bits per heavy atom. The SMILES string of the molecule is CN=C(/C=C\N(C)C1OC(CO)C(O)C1(F)F)NC=O. The molecule has 20 heavy (non-hydrogen) atoms. The van der Waals surface area contributed by atoms with Crippen molar-refractivity contribution in [2.24, 2.45) is 4.99 Å². The van der Waals surface area contributed by atoms with Crippen molar-refractivity contribution in [2.45, 2.75) is 24.4 Å². The number of alkyl halides is 2. The molecule has 1 aliphatic rings. The Labute approximate surface area is 114 Å². The van der Waals surface area contributed by atoms with Gasteiger partial charge in [0.1, 0.15) is 11.9 Å². The molecule has 0 radical (unpaired) electrons. The summed E-state index contributed by atoms with van der Waals surface area (Å²) in [5.74, 6) is -3.36. The van der Waals surface area contributed by atoms with Crippen molar-refractivity contribution >= 4 is 12.2 Å². The summed E-state index contributed by atoms with van der Waals surface area (Å²) in [7, 11) is 2.73. The highest BCUT2D eigenvalue weighted by Crippen LogP contribution is 2.37. The summed E-state index contributed by atoms with van der Waals surface area (Å²) in [6.07, 6.45) is -2.23. The molecule has 114 valence electrons. The maximum atomic E-state index is 13.8. The molecule has 0 spiro atoms. The van der Waals surface area contributed by atoms with E-state index < -0.39 is 31.0 Å². The highest BCUT2D eigenvalue weighted by atomic mass is 19.3. The van der Waals surface area contributed by atoms with Crippen LogP contribution in [-0.2, 0) is 9.53 Å². The number of aliphatic hydroxyl groups is 2. The predicted molar refractivity (Wildman–Crippen MR) is 66.2 cm³/mol. The third-order valence-electron chi connectivity index (χ3n) is 2.84. The number of rotatable bonds is 5. The summed E-state index contributed by atoms with van der Waals surface area (Å²) in [5.41, 5.74) is 0. The van der Waals surface area contributed by atoms with Crippen LogP contribution in [0.25, 0.3) is 0 Å². The average Bonchev–Trinajstić information content (AvgIpc) is 2.65. The van der Waals surface area contributed by atoms with Crippen molar-refractivity contribution in [3.63, 3.8) is 0 Å². The minimum atomic E-state index is -3.53. The first-order chi connectivity index (χ1) is 9.38. The number of carbonyl (C=O) groups is 1. The lowest BCUT2D eigenvalue weighted by molar-refractivity contribution is -0.150. The molecular formula is C11H17F2N3O4. The average molecular weight is 293 g/mol. The number of amidine groups is 1. The van der Waals surface area contributed by atoms with Gasteiger partial charge in [-0.2, -0.15) is 8.78 Å². The number of ether oxygens (including phenoxy) is 1. The van der Waals surface area contributed by atoms with E-state index in [1.54, 1.807) is 0 Å². The maximum absolute atomic E-state index is 13.8. The second kappa shape index (κ2) is 6.73. The van der Waals surface area contributed by atoms with Gasteiger partial charge in [-0.3, -0.25) is 9.79 Å². The van der Waals surface area contributed by atoms with E-state index >= 15 is 0 Å². The Balaban J connectivity index is 2.79. The number of halogens is 2. The van der Waals surface area contributed by atoms with Crippen molar-refractivity contribution < 1.29 is 28.5 Å². The van der Waals surface area contributed by atoms with Crippen molar-refractivity contribution in [1.29, 1.82) is 0 Å². The maximum Gasteiger partial charge on any atom is 0.319 e. The summed E-state index contributed by atoms with van der Waals surface area (Å²) in [6, 6.07) is 0. The molecule has 7 nitrogen and oxygen atoms in total. The molecule has 9 heteroatoms. The molecule has 1 heterocycles. The van der Waals surface area contributed by atoms with Gasteiger partial charge >= 0.3 is 5.92 Å². The van der Waals surface area contributed by atoms with Gasteiger partial charge in [-0.1, -0.05) is 0 Å². The quantitative estimate of drug-likeness (QED) is 0.340. The van der Waals surface area contributed by atoms with Crippen LogP contribution in [0, 0.1) is 0 Å². The van der Waals surface area contributed by atoms with E-state index in [1.807, 2.05) is 0 Å². The van der Waals surface area contributed by atoms with Crippen LogP contribution < -0.4 is 5.32 Å². The van der Waals surface area contributed by atoms with E-state index in [-0.39, 0.29) is 5.84 Å². The fraction of sp³-hybridized carbons (Fsp3) is 0.636. The minimum absolute atomic E-state index is 0.174. The van der Waals surface area contributed by atoms with Gasteiger partial charge in [-0.25, -0.2) is 0 Å². The van der Waals surface area contributed by atoms with E-state index in [1.165, 1.54) is 26.4 Å². The number of aliphatic imine (C=N–C) groups is 1. The number of nitrogens with zero attached hydrogens (tertiary/aromatic N) is 2. The highest BCUT2D eigenvalue weighted by Gasteiger charge is 2.59. The largest absolute Gasteiger partial charge is 0.394 e. The second-order valence-electron chi connectivity index (χ2n) is 4.18. The summed E-state index contributed by atoms with van der Waals surface area (Å²) < 4.78 is 32.5. The highest BCUT2D eigenvalue weighted by molar-refractivity contribution is 5.98. The van der Waals surface area contributed by atoms with Crippen LogP contribution in [-0.4, -0.2) is 72.4 Å². The Bertz CT molecular complexity index is 403. The van der Waals surface area contributed by atoms with Crippen molar-refractivity contribution in [1.82, 2.24) is 10.2 Å². The van der Waals surface area contributed by atoms with Gasteiger partial charge < -0.3 is 25.2 Å². The zero-order valence-electron chi connectivity index (χ0n) is 11.0. The lowest BCUT2D eigenvalue weighted by atomic mass is 10.1. The Morgan fingerprint density at radius 2 is 2.25 bits per heavy atom. The molecule has 1 aliphatic heterocycles. The van der Waals surface area contributed by atoms with Gasteiger partial charge in [-0.15, -0.1) is 0 Å². The molecule has 1 fully saturated rings. The van der Waals surface area contributed by atoms with Crippen LogP contribution in [0.5, 0.6) is 0 Å². The van der Waals surface area contributed by atoms with Gasteiger partial charge in [0.05, 0.1) is 6.61 Å². The molecule has 1 saturated heterocycles. The number of nitrogens with one attached hydrogen (secondary N) is 1. The molecule has 0 saturated carbocycles. The molecule has 0 aromatic heterocycles. The molecule has 1 rings (SSSR count). The molecule has 3 unspecified atom stereocenters. The Morgan fingerprint density at radius 3 is 2.70 bits per heavy atom. The van der Waals surface area contributed by atoms with E-state index in [4.69, 9.17) is 9.84 Å². The number of amides is 1. The van der Waals surface area contributed by atoms with Crippen LogP contribution in [0.15, 0.2) is 17.3 Å². The standard InChI is InChI=1S/C11H17F2N3O4/c1-14-8(15-6-18)3-4-16(2)10-11(12,13)9(19)7(5-17)20-10/h3-4,6-7,9-10,17,19H,5H2,1-2H3,(H,14,15,18)/b4-3-. The molecule has 0 aromatic rings. The predicted octanol–water partition coefficient (Wildman–Crippen LogP) is -1.08. The summed E-state index contributed by atoms with van der Waals surface area (Å²) in [6.45, 7) is -0.709. The van der Waals surface area contributed by atoms with Crippen LogP contribution in [0.4, 0.5) is 8.78 Å². The summed E-state index contributed by atoms with van der Waals surface area (Å²) in [5, 5.41) is 20.5. The topological polar surface area (TPSA) is 94.4 Å². The zero-order chi connectivity index (χ0) is 15.3. The molecule has 3 atom stereocenters. The van der Waals surface area contributed by atoms with Crippen LogP contribution in [0.3, 0.4) is 0 Å². The van der Waals surface area contributed by atoms with Crippen molar-refractivity contribution in [2.75, 3.05) is 20.7 Å². The van der Waals surface area contributed by atoms with E-state index in [0.29, 0.717) is 6.41 Å². The fourth-order valence-corrected chi connectivity index (χ4v) is 1.75. The number of hydrogen-bond acceptors (Lipinski definition) is 6. The third kappa shape index (κ3) is 3.30. The van der Waals surface area contributed by atoms with E-state index in [9.17, 15) is 18.7 Å². The fourth-order valence-electron chi connectivity index (χ4n) is 1.75. The van der Waals surface area contributed by atoms with Crippen LogP contribution >= 0.6 is 0 Å². The first kappa shape index (κ1) is 16.5. The summed E-state index contributed by atoms with van der Waals surface area (Å²) >= 11 is 0. The molecule has 0 bridgehead atoms. The number of carbonyl (C=O) groups excluding carboxylic acids is 1. The van der Waals surface area contributed by atoms with Gasteiger partial charge in [0.2, 0.25) is 6.41 Å². The van der Waals surface area contributed by atoms with Gasteiger partial charge in [0.25, 0.3) is 0 Å². The number of hydrogen-bond donors (Lipinski definition) is 3. The Hall–Kier alpha value is -1.58. The molecule has 3 N–H and O–H groups in total. The number of aliphatic hydroxyl groups excluding tert-OH is 2. The van der Waals surface area contributed by atoms with Crippen molar-refractivity contribution in [3.05, 3.63) is 12.3 Å². The van der Waals surface area contributed by atoms with E-state index in [2.05, 4.69) is 10.3 Å². The van der Waals surface area contributed by atoms with E-state index in [0.717, 1.165) is 4.90 Å². The lowest BCUT2D eigenvalue weighted by Crippen LogP contribution is -2.46. The molecule has 0 aliphatic carbocycles. The van der Waals surface area contributed by atoms with Crippen molar-refractivity contribution in [3.8, 4) is 0 Å². The first-order valence-electron chi connectivity index (χ1n) is 5.77. The smallest absolute Gasteiger partial charge is 0.319 e. The van der Waals surface area contributed by atoms with Gasteiger partial charge in [0.15, 0.2) is 12.3 Å². The monoisotopic (exact) mass is 293 g/mol. The van der Waals surface area contributed by atoms with Gasteiger partial charge in [-0.05, 0) is 6.08 Å². The molecule has 1 amide bonds. The Kier molecular flexibility index (Phi) is 5.54. The second-order valence-corrected chi connectivity index (χ2v) is 4.18.